The number of nitrogens with one attached hydrogen (secondary N) is 1. The van der Waals surface area contributed by atoms with Crippen LogP contribution in [-0.4, -0.2) is 7.11 Å². The number of methoxy groups -OCH3 is 1. The van der Waals surface area contributed by atoms with Crippen molar-refractivity contribution < 1.29 is 9.13 Å². The lowest BCUT2D eigenvalue weighted by Crippen LogP contribution is -2.08. The van der Waals surface area contributed by atoms with E-state index < -0.39 is 0 Å². The molecule has 0 aliphatic heterocycles. The topological polar surface area (TPSA) is 21.3 Å². The fourth-order valence-electron chi connectivity index (χ4n) is 1.83. The summed E-state index contributed by atoms with van der Waals surface area (Å²) in [5.74, 6) is 0.438. The Balaban J connectivity index is 2.18. The molecular formula is C15H15ClFNO. The fourth-order valence-corrected chi connectivity index (χ4v) is 2.05. The number of benzene rings is 2. The van der Waals surface area contributed by atoms with Crippen molar-refractivity contribution >= 4 is 17.3 Å². The predicted octanol–water partition coefficient (Wildman–Crippen LogP) is 4.66. The van der Waals surface area contributed by atoms with E-state index in [9.17, 15) is 4.39 Å². The third-order valence-corrected chi connectivity index (χ3v) is 3.25. The van der Waals surface area contributed by atoms with Crippen molar-refractivity contribution in [1.82, 2.24) is 0 Å². The van der Waals surface area contributed by atoms with Gasteiger partial charge in [-0.2, -0.15) is 0 Å². The third-order valence-electron chi connectivity index (χ3n) is 2.94. The molecule has 0 aliphatic rings. The lowest BCUT2D eigenvalue weighted by atomic mass is 10.1. The molecular weight excluding hydrogens is 265 g/mol. The molecule has 0 bridgehead atoms. The second kappa shape index (κ2) is 5.93. The smallest absolute Gasteiger partial charge is 0.147 e. The maximum atomic E-state index is 13.7. The normalized spacial score (nSPS) is 12.0. The quantitative estimate of drug-likeness (QED) is 0.879. The summed E-state index contributed by atoms with van der Waals surface area (Å²) in [7, 11) is 1.62. The molecule has 0 aliphatic carbocycles. The Kier molecular flexibility index (Phi) is 4.27. The van der Waals surface area contributed by atoms with E-state index in [4.69, 9.17) is 16.3 Å². The molecule has 0 heterocycles. The van der Waals surface area contributed by atoms with Crippen molar-refractivity contribution in [3.05, 3.63) is 58.9 Å². The summed E-state index contributed by atoms with van der Waals surface area (Å²) in [6.07, 6.45) is 0. The number of anilines is 1. The molecule has 0 saturated carbocycles. The summed E-state index contributed by atoms with van der Waals surface area (Å²) in [4.78, 5) is 0. The highest BCUT2D eigenvalue weighted by atomic mass is 35.5. The van der Waals surface area contributed by atoms with Crippen LogP contribution in [0.5, 0.6) is 5.75 Å². The summed E-state index contributed by atoms with van der Waals surface area (Å²) in [5.41, 5.74) is 1.35. The van der Waals surface area contributed by atoms with Crippen LogP contribution in [-0.2, 0) is 0 Å². The van der Waals surface area contributed by atoms with Gasteiger partial charge in [0, 0.05) is 6.04 Å². The van der Waals surface area contributed by atoms with Gasteiger partial charge in [0.05, 0.1) is 17.8 Å². The first kappa shape index (κ1) is 13.7. The van der Waals surface area contributed by atoms with Crippen LogP contribution in [0.15, 0.2) is 42.5 Å². The van der Waals surface area contributed by atoms with E-state index in [1.54, 1.807) is 19.2 Å². The van der Waals surface area contributed by atoms with Gasteiger partial charge < -0.3 is 10.1 Å². The van der Waals surface area contributed by atoms with E-state index in [1.165, 1.54) is 6.07 Å². The third kappa shape index (κ3) is 3.18. The molecule has 19 heavy (non-hydrogen) atoms. The Morgan fingerprint density at radius 1 is 1.16 bits per heavy atom. The van der Waals surface area contributed by atoms with Crippen LogP contribution in [0, 0.1) is 5.82 Å². The molecule has 1 atom stereocenters. The molecule has 0 aromatic heterocycles. The molecule has 1 N–H and O–H groups in total. The Morgan fingerprint density at radius 3 is 2.42 bits per heavy atom. The van der Waals surface area contributed by atoms with Crippen molar-refractivity contribution in [2.45, 2.75) is 13.0 Å². The molecule has 2 rings (SSSR count). The standard InChI is InChI=1S/C15H15ClFNO/c1-10(11-6-8-12(19-2)9-7-11)18-15-13(16)4-3-5-14(15)17/h3-10,18H,1-2H3. The summed E-state index contributed by atoms with van der Waals surface area (Å²) in [5, 5.41) is 3.46. The lowest BCUT2D eigenvalue weighted by Gasteiger charge is -2.17. The minimum absolute atomic E-state index is 0.0553. The van der Waals surface area contributed by atoms with Gasteiger partial charge in [-0.1, -0.05) is 29.8 Å². The number of hydrogen-bond donors (Lipinski definition) is 1. The van der Waals surface area contributed by atoms with Gasteiger partial charge in [0.2, 0.25) is 0 Å². The van der Waals surface area contributed by atoms with Crippen LogP contribution in [0.1, 0.15) is 18.5 Å². The number of hydrogen-bond acceptors (Lipinski definition) is 2. The molecule has 100 valence electrons. The predicted molar refractivity (Wildman–Crippen MR) is 76.4 cm³/mol. The minimum atomic E-state index is -0.354. The molecule has 2 aromatic rings. The van der Waals surface area contributed by atoms with Gasteiger partial charge in [0.15, 0.2) is 0 Å². The highest BCUT2D eigenvalue weighted by Gasteiger charge is 2.11. The van der Waals surface area contributed by atoms with Crippen LogP contribution < -0.4 is 10.1 Å². The van der Waals surface area contributed by atoms with Crippen LogP contribution in [0.3, 0.4) is 0 Å². The average Bonchev–Trinajstić information content (AvgIpc) is 2.43. The van der Waals surface area contributed by atoms with Crippen LogP contribution in [0.4, 0.5) is 10.1 Å². The van der Waals surface area contributed by atoms with Gasteiger partial charge in [0.1, 0.15) is 11.6 Å². The first-order valence-corrected chi connectivity index (χ1v) is 6.34. The zero-order chi connectivity index (χ0) is 13.8. The Morgan fingerprint density at radius 2 is 1.84 bits per heavy atom. The van der Waals surface area contributed by atoms with Crippen LogP contribution in [0.25, 0.3) is 0 Å². The van der Waals surface area contributed by atoms with E-state index in [1.807, 2.05) is 31.2 Å². The molecule has 2 aromatic carbocycles. The van der Waals surface area contributed by atoms with Gasteiger partial charge in [-0.25, -0.2) is 4.39 Å². The van der Waals surface area contributed by atoms with Gasteiger partial charge in [0.25, 0.3) is 0 Å². The number of rotatable bonds is 4. The number of halogens is 2. The number of ether oxygens (including phenoxy) is 1. The van der Waals surface area contributed by atoms with Gasteiger partial charge in [-0.05, 0) is 36.8 Å². The molecule has 0 radical (unpaired) electrons. The second-order valence-electron chi connectivity index (χ2n) is 4.24. The van der Waals surface area contributed by atoms with E-state index >= 15 is 0 Å². The molecule has 0 spiro atoms. The molecule has 0 amide bonds. The molecule has 0 fully saturated rings. The highest BCUT2D eigenvalue weighted by molar-refractivity contribution is 6.33. The molecule has 0 saturated heterocycles. The van der Waals surface area contributed by atoms with Crippen molar-refractivity contribution in [1.29, 1.82) is 0 Å². The van der Waals surface area contributed by atoms with E-state index in [0.29, 0.717) is 10.7 Å². The second-order valence-corrected chi connectivity index (χ2v) is 4.64. The zero-order valence-corrected chi connectivity index (χ0v) is 11.5. The van der Waals surface area contributed by atoms with Crippen LogP contribution >= 0.6 is 11.6 Å². The largest absolute Gasteiger partial charge is 0.497 e. The summed E-state index contributed by atoms with van der Waals surface area (Å²) in [6, 6.07) is 12.2. The Hall–Kier alpha value is -1.74. The lowest BCUT2D eigenvalue weighted by molar-refractivity contribution is 0.414. The monoisotopic (exact) mass is 279 g/mol. The first-order chi connectivity index (χ1) is 9.11. The summed E-state index contributed by atoms with van der Waals surface area (Å²) >= 11 is 5.99. The van der Waals surface area contributed by atoms with Gasteiger partial charge in [-0.3, -0.25) is 0 Å². The maximum absolute atomic E-state index is 13.7. The van der Waals surface area contributed by atoms with Crippen molar-refractivity contribution in [3.8, 4) is 5.75 Å². The first-order valence-electron chi connectivity index (χ1n) is 5.96. The fraction of sp³-hybridized carbons (Fsp3) is 0.200. The highest BCUT2D eigenvalue weighted by Crippen LogP contribution is 2.29. The van der Waals surface area contributed by atoms with Crippen molar-refractivity contribution in [2.24, 2.45) is 0 Å². The van der Waals surface area contributed by atoms with E-state index in [0.717, 1.165) is 11.3 Å². The summed E-state index contributed by atoms with van der Waals surface area (Å²) in [6.45, 7) is 1.95. The van der Waals surface area contributed by atoms with Crippen LogP contribution in [0.2, 0.25) is 5.02 Å². The Labute approximate surface area is 117 Å². The van der Waals surface area contributed by atoms with Gasteiger partial charge >= 0.3 is 0 Å². The SMILES string of the molecule is COc1ccc(C(C)Nc2c(F)cccc2Cl)cc1. The molecule has 4 heteroatoms. The molecule has 2 nitrogen and oxygen atoms in total. The average molecular weight is 280 g/mol. The zero-order valence-electron chi connectivity index (χ0n) is 10.8. The van der Waals surface area contributed by atoms with Crippen molar-refractivity contribution in [3.63, 3.8) is 0 Å². The van der Waals surface area contributed by atoms with E-state index in [2.05, 4.69) is 5.32 Å². The molecule has 1 unspecified atom stereocenters. The minimum Gasteiger partial charge on any atom is -0.497 e. The Bertz CT molecular complexity index is 536. The van der Waals surface area contributed by atoms with Gasteiger partial charge in [-0.15, -0.1) is 0 Å². The van der Waals surface area contributed by atoms with Crippen molar-refractivity contribution in [2.75, 3.05) is 12.4 Å². The number of para-hydroxylation sites is 1. The van der Waals surface area contributed by atoms with E-state index in [-0.39, 0.29) is 11.9 Å². The maximum Gasteiger partial charge on any atom is 0.147 e. The summed E-state index contributed by atoms with van der Waals surface area (Å²) < 4.78 is 18.8.